The predicted molar refractivity (Wildman–Crippen MR) is 170 cm³/mol. The van der Waals surface area contributed by atoms with Gasteiger partial charge in [-0.05, 0) is 62.2 Å². The molecule has 0 bridgehead atoms. The largest absolute Gasteiger partial charge is 0.341 e. The minimum atomic E-state index is 0.0822. The number of nitrogens with zero attached hydrogens (tertiary/aromatic N) is 5. The molecule has 1 aliphatic rings. The number of para-hydroxylation sites is 2. The van der Waals surface area contributed by atoms with Gasteiger partial charge in [-0.3, -0.25) is 4.79 Å². The molecule has 0 saturated carbocycles. The van der Waals surface area contributed by atoms with E-state index in [1.54, 1.807) is 0 Å². The fourth-order valence-corrected chi connectivity index (χ4v) is 6.08. The second kappa shape index (κ2) is 14.3. The zero-order valence-electron chi connectivity index (χ0n) is 24.8. The maximum atomic E-state index is 13.1. The van der Waals surface area contributed by atoms with Crippen molar-refractivity contribution < 1.29 is 4.79 Å². The lowest BCUT2D eigenvalue weighted by molar-refractivity contribution is 0.0783. The summed E-state index contributed by atoms with van der Waals surface area (Å²) in [6.45, 7) is 9.15. The molecule has 6 heteroatoms. The summed E-state index contributed by atoms with van der Waals surface area (Å²) in [6, 6.07) is 28.9. The number of carbonyl (C=O) groups excluding carboxylic acids is 1. The number of rotatable bonds is 12. The average molecular weight is 552 g/mol. The highest BCUT2D eigenvalue weighted by Gasteiger charge is 2.23. The van der Waals surface area contributed by atoms with Crippen molar-refractivity contribution in [3.8, 4) is 0 Å². The first-order valence-electron chi connectivity index (χ1n) is 15.4. The second-order valence-corrected chi connectivity index (χ2v) is 11.4. The first-order chi connectivity index (χ1) is 20.1. The van der Waals surface area contributed by atoms with E-state index in [9.17, 15) is 4.79 Å². The smallest absolute Gasteiger partial charge is 0.253 e. The molecule has 1 aliphatic heterocycles. The Morgan fingerprint density at radius 2 is 1.59 bits per heavy atom. The van der Waals surface area contributed by atoms with Crippen molar-refractivity contribution >= 4 is 22.9 Å². The lowest BCUT2D eigenvalue weighted by Gasteiger charge is -2.28. The molecule has 0 aliphatic carbocycles. The molecule has 5 rings (SSSR count). The molecule has 1 aromatic heterocycles. The summed E-state index contributed by atoms with van der Waals surface area (Å²) in [5, 5.41) is 0. The van der Waals surface area contributed by atoms with Crippen molar-refractivity contribution in [1.29, 1.82) is 0 Å². The van der Waals surface area contributed by atoms with Crippen LogP contribution in [0.25, 0.3) is 11.0 Å². The molecule has 2 heterocycles. The van der Waals surface area contributed by atoms with Gasteiger partial charge < -0.3 is 19.3 Å². The third-order valence-corrected chi connectivity index (χ3v) is 8.42. The van der Waals surface area contributed by atoms with Crippen LogP contribution < -0.4 is 4.90 Å². The molecule has 1 fully saturated rings. The van der Waals surface area contributed by atoms with Gasteiger partial charge in [0, 0.05) is 51.3 Å². The van der Waals surface area contributed by atoms with E-state index in [1.807, 2.05) is 42.3 Å². The summed E-state index contributed by atoms with van der Waals surface area (Å²) < 4.78 is 2.45. The first kappa shape index (κ1) is 28.9. The predicted octanol–water partition coefficient (Wildman–Crippen LogP) is 6.68. The lowest BCUT2D eigenvalue weighted by atomic mass is 9.94. The second-order valence-electron chi connectivity index (χ2n) is 11.4. The van der Waals surface area contributed by atoms with Crippen LogP contribution in [0.15, 0.2) is 84.9 Å². The van der Waals surface area contributed by atoms with Gasteiger partial charge in [0.05, 0.1) is 11.0 Å². The monoisotopic (exact) mass is 551 g/mol. The topological polar surface area (TPSA) is 44.6 Å². The van der Waals surface area contributed by atoms with Crippen molar-refractivity contribution in [3.05, 3.63) is 96.1 Å². The summed E-state index contributed by atoms with van der Waals surface area (Å²) in [6.07, 6.45) is 5.80. The number of aryl methyl sites for hydroxylation is 1. The number of likely N-dealkylation sites (N-methyl/N-ethyl adjacent to an activating group) is 1. The average Bonchev–Trinajstić information content (AvgIpc) is 3.21. The molecule has 1 amide bonds. The van der Waals surface area contributed by atoms with Gasteiger partial charge in [-0.25, -0.2) is 4.98 Å². The van der Waals surface area contributed by atoms with Gasteiger partial charge in [0.2, 0.25) is 5.95 Å². The maximum Gasteiger partial charge on any atom is 0.253 e. The fraction of sp³-hybridized carbons (Fsp3) is 0.429. The molecule has 216 valence electrons. The fourth-order valence-electron chi connectivity index (χ4n) is 6.08. The van der Waals surface area contributed by atoms with Crippen LogP contribution in [0, 0.1) is 0 Å². The lowest BCUT2D eigenvalue weighted by Crippen LogP contribution is -2.35. The molecule has 4 aromatic rings. The summed E-state index contributed by atoms with van der Waals surface area (Å²) in [5.41, 5.74) is 4.40. The van der Waals surface area contributed by atoms with E-state index in [4.69, 9.17) is 4.98 Å². The van der Waals surface area contributed by atoms with Gasteiger partial charge in [0.25, 0.3) is 5.91 Å². The zero-order valence-corrected chi connectivity index (χ0v) is 24.8. The van der Waals surface area contributed by atoms with Crippen LogP contribution in [0.5, 0.6) is 0 Å². The number of amides is 1. The molecular weight excluding hydrogens is 506 g/mol. The maximum absolute atomic E-state index is 13.1. The van der Waals surface area contributed by atoms with Crippen molar-refractivity contribution in [3.63, 3.8) is 0 Å². The molecule has 6 nitrogen and oxygen atoms in total. The normalized spacial score (nSPS) is 15.1. The van der Waals surface area contributed by atoms with E-state index in [2.05, 4.69) is 75.9 Å². The van der Waals surface area contributed by atoms with Crippen LogP contribution in [0.3, 0.4) is 0 Å². The van der Waals surface area contributed by atoms with Crippen molar-refractivity contribution in [2.45, 2.75) is 51.5 Å². The number of anilines is 1. The van der Waals surface area contributed by atoms with Crippen LogP contribution >= 0.6 is 0 Å². The van der Waals surface area contributed by atoms with Crippen molar-refractivity contribution in [1.82, 2.24) is 19.4 Å². The van der Waals surface area contributed by atoms with Crippen molar-refractivity contribution in [2.75, 3.05) is 51.2 Å². The number of benzene rings is 3. The molecular formula is C35H45N5O. The molecule has 0 radical (unpaired) electrons. The summed E-state index contributed by atoms with van der Waals surface area (Å²) in [4.78, 5) is 25.2. The minimum Gasteiger partial charge on any atom is -0.341 e. The van der Waals surface area contributed by atoms with E-state index >= 15 is 0 Å². The zero-order chi connectivity index (χ0) is 28.4. The highest BCUT2D eigenvalue weighted by Crippen LogP contribution is 2.26. The van der Waals surface area contributed by atoms with Crippen molar-refractivity contribution in [2.24, 2.45) is 0 Å². The van der Waals surface area contributed by atoms with Crippen LogP contribution in [0.2, 0.25) is 0 Å². The van der Waals surface area contributed by atoms with Gasteiger partial charge in [-0.1, -0.05) is 80.4 Å². The van der Waals surface area contributed by atoms with Gasteiger partial charge in [-0.2, -0.15) is 0 Å². The van der Waals surface area contributed by atoms with Crippen LogP contribution in [-0.4, -0.2) is 71.6 Å². The Hall–Kier alpha value is -3.64. The van der Waals surface area contributed by atoms with Crippen LogP contribution in [-0.2, 0) is 6.54 Å². The Bertz CT molecular complexity index is 1370. The molecule has 3 aromatic carbocycles. The third kappa shape index (κ3) is 7.36. The molecule has 1 saturated heterocycles. The van der Waals surface area contributed by atoms with Gasteiger partial charge >= 0.3 is 0 Å². The van der Waals surface area contributed by atoms with Gasteiger partial charge in [0.15, 0.2) is 0 Å². The van der Waals surface area contributed by atoms with Crippen LogP contribution in [0.4, 0.5) is 5.95 Å². The Labute approximate surface area is 245 Å². The number of carbonyl (C=O) groups is 1. The summed E-state index contributed by atoms with van der Waals surface area (Å²) >= 11 is 0. The number of aromatic nitrogens is 2. The van der Waals surface area contributed by atoms with Crippen LogP contribution in [0.1, 0.15) is 60.9 Å². The number of imidazole rings is 1. The summed E-state index contributed by atoms with van der Waals surface area (Å²) in [7, 11) is 1.93. The number of unbranched alkanes of at least 4 members (excludes halogenated alkanes) is 2. The molecule has 0 spiro atoms. The molecule has 41 heavy (non-hydrogen) atoms. The highest BCUT2D eigenvalue weighted by atomic mass is 16.2. The Kier molecular flexibility index (Phi) is 10.1. The van der Waals surface area contributed by atoms with Gasteiger partial charge in [0.1, 0.15) is 0 Å². The molecule has 1 unspecified atom stereocenters. The van der Waals surface area contributed by atoms with E-state index < -0.39 is 0 Å². The number of hydrogen-bond donors (Lipinski definition) is 0. The standard InChI is InChI=1S/C35H45N5O/c1-3-4-13-24-40-33-20-12-11-19-32(33)36-35(40)39-23-14-22-38(26-27-39)25-21-31(29-15-7-5-8-16-29)28-37(2)34(41)30-17-9-6-10-18-30/h5-12,15-20,31H,3-4,13-14,21-28H2,1-2H3. The quantitative estimate of drug-likeness (QED) is 0.184. The Morgan fingerprint density at radius 3 is 2.37 bits per heavy atom. The third-order valence-electron chi connectivity index (χ3n) is 8.42. The SMILES string of the molecule is CCCCCn1c(N2CCCN(CCC(CN(C)C(=O)c3ccccc3)c3ccccc3)CC2)nc2ccccc21. The Morgan fingerprint density at radius 1 is 0.854 bits per heavy atom. The number of hydrogen-bond acceptors (Lipinski definition) is 4. The summed E-state index contributed by atoms with van der Waals surface area (Å²) in [5.74, 6) is 1.50. The van der Waals surface area contributed by atoms with E-state index in [-0.39, 0.29) is 11.8 Å². The molecule has 0 N–H and O–H groups in total. The molecule has 1 atom stereocenters. The van der Waals surface area contributed by atoms with Gasteiger partial charge in [-0.15, -0.1) is 0 Å². The van der Waals surface area contributed by atoms with E-state index in [0.29, 0.717) is 6.54 Å². The first-order valence-corrected chi connectivity index (χ1v) is 15.4. The Balaban J connectivity index is 1.24. The van der Waals surface area contributed by atoms with E-state index in [0.717, 1.165) is 69.1 Å². The number of fused-ring (bicyclic) bond motifs is 1. The minimum absolute atomic E-state index is 0.0822. The highest BCUT2D eigenvalue weighted by molar-refractivity contribution is 5.94. The van der Waals surface area contributed by atoms with E-state index in [1.165, 1.54) is 30.3 Å².